The van der Waals surface area contributed by atoms with Gasteiger partial charge in [-0.15, -0.1) is 0 Å². The van der Waals surface area contributed by atoms with E-state index in [4.69, 9.17) is 16.3 Å². The molecule has 0 saturated heterocycles. The molecular formula is C15H13ClINO2. The average Bonchev–Trinajstić information content (AvgIpc) is 2.43. The molecular weight excluding hydrogens is 389 g/mol. The van der Waals surface area contributed by atoms with Gasteiger partial charge in [-0.25, -0.2) is 0 Å². The van der Waals surface area contributed by atoms with Crippen molar-refractivity contribution in [2.24, 2.45) is 0 Å². The summed E-state index contributed by atoms with van der Waals surface area (Å²) < 4.78 is 6.49. The van der Waals surface area contributed by atoms with Gasteiger partial charge < -0.3 is 10.1 Å². The van der Waals surface area contributed by atoms with Crippen LogP contribution in [-0.4, -0.2) is 12.5 Å². The van der Waals surface area contributed by atoms with E-state index < -0.39 is 0 Å². The highest BCUT2D eigenvalue weighted by Crippen LogP contribution is 2.14. The molecule has 0 saturated carbocycles. The standard InChI is InChI=1S/C15H13ClINO2/c16-12-4-1-3-11(7-12)9-18-15(19)10-20-14-6-2-5-13(17)8-14/h1-8H,9-10H2,(H,18,19). The molecule has 1 N–H and O–H groups in total. The summed E-state index contributed by atoms with van der Waals surface area (Å²) >= 11 is 8.07. The zero-order valence-electron chi connectivity index (χ0n) is 10.6. The first kappa shape index (κ1) is 15.1. The van der Waals surface area contributed by atoms with Crippen molar-refractivity contribution in [3.63, 3.8) is 0 Å². The number of halogens is 2. The van der Waals surface area contributed by atoms with Crippen LogP contribution in [-0.2, 0) is 11.3 Å². The molecule has 20 heavy (non-hydrogen) atoms. The van der Waals surface area contributed by atoms with Crippen LogP contribution in [0.1, 0.15) is 5.56 Å². The summed E-state index contributed by atoms with van der Waals surface area (Å²) in [5.41, 5.74) is 0.958. The molecule has 1 amide bonds. The molecule has 0 unspecified atom stereocenters. The average molecular weight is 402 g/mol. The highest BCUT2D eigenvalue weighted by molar-refractivity contribution is 14.1. The van der Waals surface area contributed by atoms with Crippen LogP contribution < -0.4 is 10.1 Å². The topological polar surface area (TPSA) is 38.3 Å². The number of nitrogens with one attached hydrogen (secondary N) is 1. The van der Waals surface area contributed by atoms with Crippen LogP contribution in [0.4, 0.5) is 0 Å². The van der Waals surface area contributed by atoms with Crippen molar-refractivity contribution in [3.05, 3.63) is 62.7 Å². The van der Waals surface area contributed by atoms with E-state index in [0.29, 0.717) is 17.3 Å². The van der Waals surface area contributed by atoms with Crippen molar-refractivity contribution in [1.82, 2.24) is 5.32 Å². The minimum atomic E-state index is -0.163. The second-order valence-corrected chi connectivity index (χ2v) is 5.83. The Morgan fingerprint density at radius 3 is 2.75 bits per heavy atom. The van der Waals surface area contributed by atoms with Crippen molar-refractivity contribution in [1.29, 1.82) is 0 Å². The normalized spacial score (nSPS) is 10.1. The van der Waals surface area contributed by atoms with Crippen LogP contribution in [0.15, 0.2) is 48.5 Å². The predicted molar refractivity (Wildman–Crippen MR) is 88.0 cm³/mol. The van der Waals surface area contributed by atoms with Gasteiger partial charge >= 0.3 is 0 Å². The minimum absolute atomic E-state index is 0.000654. The van der Waals surface area contributed by atoms with E-state index in [2.05, 4.69) is 27.9 Å². The second-order valence-electron chi connectivity index (χ2n) is 4.15. The van der Waals surface area contributed by atoms with Crippen LogP contribution in [0.3, 0.4) is 0 Å². The smallest absolute Gasteiger partial charge is 0.258 e. The van der Waals surface area contributed by atoms with Crippen molar-refractivity contribution >= 4 is 40.1 Å². The fourth-order valence-corrected chi connectivity index (χ4v) is 2.33. The van der Waals surface area contributed by atoms with Crippen LogP contribution in [0, 0.1) is 3.57 Å². The molecule has 0 aromatic heterocycles. The number of benzene rings is 2. The number of hydrogen-bond donors (Lipinski definition) is 1. The second kappa shape index (κ2) is 7.50. The van der Waals surface area contributed by atoms with E-state index in [0.717, 1.165) is 9.13 Å². The summed E-state index contributed by atoms with van der Waals surface area (Å²) in [6.07, 6.45) is 0. The molecule has 0 aliphatic carbocycles. The lowest BCUT2D eigenvalue weighted by molar-refractivity contribution is -0.123. The van der Waals surface area contributed by atoms with E-state index in [1.165, 1.54) is 0 Å². The van der Waals surface area contributed by atoms with E-state index >= 15 is 0 Å². The Morgan fingerprint density at radius 2 is 2.00 bits per heavy atom. The third-order valence-electron chi connectivity index (χ3n) is 2.54. The Hall–Kier alpha value is -1.27. The highest BCUT2D eigenvalue weighted by Gasteiger charge is 2.03. The number of carbonyl (C=O) groups excluding carboxylic acids is 1. The quantitative estimate of drug-likeness (QED) is 0.777. The molecule has 3 nitrogen and oxygen atoms in total. The number of ether oxygens (including phenoxy) is 1. The van der Waals surface area contributed by atoms with Crippen LogP contribution in [0.2, 0.25) is 5.02 Å². The van der Waals surface area contributed by atoms with E-state index in [1.807, 2.05) is 42.5 Å². The Bertz CT molecular complexity index is 552. The zero-order valence-corrected chi connectivity index (χ0v) is 13.5. The summed E-state index contributed by atoms with van der Waals surface area (Å²) in [6, 6.07) is 14.9. The third-order valence-corrected chi connectivity index (χ3v) is 3.45. The van der Waals surface area contributed by atoms with E-state index in [1.54, 1.807) is 6.07 Å². The molecule has 0 bridgehead atoms. The van der Waals surface area contributed by atoms with Gasteiger partial charge in [0.2, 0.25) is 0 Å². The van der Waals surface area contributed by atoms with Gasteiger partial charge in [0.15, 0.2) is 6.61 Å². The van der Waals surface area contributed by atoms with Gasteiger partial charge in [0.25, 0.3) is 5.91 Å². The molecule has 104 valence electrons. The van der Waals surface area contributed by atoms with Gasteiger partial charge in [-0.1, -0.05) is 29.8 Å². The molecule has 2 aromatic carbocycles. The lowest BCUT2D eigenvalue weighted by Crippen LogP contribution is -2.28. The third kappa shape index (κ3) is 5.02. The largest absolute Gasteiger partial charge is 0.484 e. The molecule has 0 aliphatic heterocycles. The summed E-state index contributed by atoms with van der Waals surface area (Å²) in [6.45, 7) is 0.440. The van der Waals surface area contributed by atoms with Crippen LogP contribution in [0.5, 0.6) is 5.75 Å². The molecule has 0 atom stereocenters. The van der Waals surface area contributed by atoms with Crippen LogP contribution in [0.25, 0.3) is 0 Å². The van der Waals surface area contributed by atoms with Gasteiger partial charge in [-0.05, 0) is 58.5 Å². The first-order chi connectivity index (χ1) is 9.63. The van der Waals surface area contributed by atoms with Gasteiger partial charge in [-0.3, -0.25) is 4.79 Å². The predicted octanol–water partition coefficient (Wildman–Crippen LogP) is 3.64. The molecule has 5 heteroatoms. The number of amides is 1. The van der Waals surface area contributed by atoms with E-state index in [9.17, 15) is 4.79 Å². The van der Waals surface area contributed by atoms with Gasteiger partial charge in [-0.2, -0.15) is 0 Å². The summed E-state index contributed by atoms with van der Waals surface area (Å²) in [7, 11) is 0. The first-order valence-corrected chi connectivity index (χ1v) is 7.48. The lowest BCUT2D eigenvalue weighted by atomic mass is 10.2. The fourth-order valence-electron chi connectivity index (χ4n) is 1.60. The minimum Gasteiger partial charge on any atom is -0.484 e. The maximum Gasteiger partial charge on any atom is 0.258 e. The van der Waals surface area contributed by atoms with Crippen molar-refractivity contribution in [2.75, 3.05) is 6.61 Å². The molecule has 2 aromatic rings. The van der Waals surface area contributed by atoms with Gasteiger partial charge in [0.1, 0.15) is 5.75 Å². The SMILES string of the molecule is O=C(COc1cccc(I)c1)NCc1cccc(Cl)c1. The van der Waals surface area contributed by atoms with Gasteiger partial charge in [0.05, 0.1) is 0 Å². The molecule has 2 rings (SSSR count). The number of carbonyl (C=O) groups is 1. The van der Waals surface area contributed by atoms with Gasteiger partial charge in [0, 0.05) is 15.1 Å². The zero-order chi connectivity index (χ0) is 14.4. The Balaban J connectivity index is 1.78. The molecule has 0 spiro atoms. The maximum absolute atomic E-state index is 11.7. The van der Waals surface area contributed by atoms with Crippen molar-refractivity contribution in [2.45, 2.75) is 6.54 Å². The maximum atomic E-state index is 11.7. The van der Waals surface area contributed by atoms with Crippen molar-refractivity contribution in [3.8, 4) is 5.75 Å². The molecule has 0 aliphatic rings. The monoisotopic (exact) mass is 401 g/mol. The van der Waals surface area contributed by atoms with Crippen LogP contribution >= 0.6 is 34.2 Å². The Kier molecular flexibility index (Phi) is 5.67. The molecule has 0 fully saturated rings. The summed E-state index contributed by atoms with van der Waals surface area (Å²) in [5, 5.41) is 3.45. The summed E-state index contributed by atoms with van der Waals surface area (Å²) in [5.74, 6) is 0.527. The molecule has 0 heterocycles. The molecule has 0 radical (unpaired) electrons. The van der Waals surface area contributed by atoms with E-state index in [-0.39, 0.29) is 12.5 Å². The number of rotatable bonds is 5. The van der Waals surface area contributed by atoms with Crippen molar-refractivity contribution < 1.29 is 9.53 Å². The first-order valence-electron chi connectivity index (χ1n) is 6.03. The number of hydrogen-bond acceptors (Lipinski definition) is 2. The Morgan fingerprint density at radius 1 is 1.20 bits per heavy atom. The lowest BCUT2D eigenvalue weighted by Gasteiger charge is -2.08. The fraction of sp³-hybridized carbons (Fsp3) is 0.133. The highest BCUT2D eigenvalue weighted by atomic mass is 127. The Labute approximate surface area is 136 Å². The summed E-state index contributed by atoms with van der Waals surface area (Å²) in [4.78, 5) is 11.7.